The van der Waals surface area contributed by atoms with E-state index in [4.69, 9.17) is 5.73 Å². The highest BCUT2D eigenvalue weighted by Gasteiger charge is 2.44. The Morgan fingerprint density at radius 1 is 1.33 bits per heavy atom. The molecule has 0 spiro atoms. The minimum atomic E-state index is 0.593. The van der Waals surface area contributed by atoms with Gasteiger partial charge in [-0.15, -0.1) is 0 Å². The summed E-state index contributed by atoms with van der Waals surface area (Å²) < 4.78 is 0. The van der Waals surface area contributed by atoms with Crippen LogP contribution in [0, 0.1) is 11.3 Å². The van der Waals surface area contributed by atoms with Crippen molar-refractivity contribution < 1.29 is 0 Å². The van der Waals surface area contributed by atoms with Gasteiger partial charge in [-0.1, -0.05) is 32.9 Å². The fourth-order valence-corrected chi connectivity index (χ4v) is 2.51. The van der Waals surface area contributed by atoms with Crippen molar-refractivity contribution in [1.82, 2.24) is 5.32 Å². The number of hydrogen-bond donors (Lipinski definition) is 2. The van der Waals surface area contributed by atoms with Crippen molar-refractivity contribution in [2.45, 2.75) is 39.5 Å². The van der Waals surface area contributed by atoms with E-state index < -0.39 is 0 Å². The van der Waals surface area contributed by atoms with E-state index in [1.807, 2.05) is 12.1 Å². The number of rotatable bonds is 6. The summed E-state index contributed by atoms with van der Waals surface area (Å²) in [6.07, 6.45) is 2.57. The molecule has 2 atom stereocenters. The van der Waals surface area contributed by atoms with Gasteiger partial charge in [0, 0.05) is 5.69 Å². The molecular weight excluding hydrogens is 220 g/mol. The quantitative estimate of drug-likeness (QED) is 0.596. The second-order valence-corrected chi connectivity index (χ2v) is 6.45. The molecule has 2 unspecified atom stereocenters. The van der Waals surface area contributed by atoms with Gasteiger partial charge >= 0.3 is 0 Å². The Kier molecular flexibility index (Phi) is 3.96. The zero-order valence-electron chi connectivity index (χ0n) is 11.9. The van der Waals surface area contributed by atoms with E-state index in [1.165, 1.54) is 24.9 Å². The van der Waals surface area contributed by atoms with Crippen molar-refractivity contribution in [2.24, 2.45) is 11.3 Å². The molecule has 1 aliphatic rings. The third-order valence-electron chi connectivity index (χ3n) is 4.37. The monoisotopic (exact) mass is 246 g/mol. The molecule has 2 heteroatoms. The molecule has 1 aromatic rings. The first-order chi connectivity index (χ1) is 8.49. The first-order valence-electron chi connectivity index (χ1n) is 7.05. The molecule has 1 fully saturated rings. The molecule has 0 radical (unpaired) electrons. The Balaban J connectivity index is 1.66. The molecule has 2 nitrogen and oxygen atoms in total. The number of nitrogens with two attached hydrogens (primary N) is 1. The SMILES string of the molecule is CC(CCNCC1CC1(C)C)c1ccc(N)cc1. The largest absolute Gasteiger partial charge is 0.399 e. The van der Waals surface area contributed by atoms with E-state index in [2.05, 4.69) is 38.2 Å². The molecule has 2 rings (SSSR count). The molecule has 18 heavy (non-hydrogen) atoms. The molecule has 1 saturated carbocycles. The van der Waals surface area contributed by atoms with E-state index in [0.29, 0.717) is 11.3 Å². The summed E-state index contributed by atoms with van der Waals surface area (Å²) in [5.41, 5.74) is 8.53. The van der Waals surface area contributed by atoms with Gasteiger partial charge in [-0.2, -0.15) is 0 Å². The van der Waals surface area contributed by atoms with E-state index in [0.717, 1.165) is 18.2 Å². The summed E-state index contributed by atoms with van der Waals surface area (Å²) in [6.45, 7) is 9.29. The highest BCUT2D eigenvalue weighted by molar-refractivity contribution is 5.40. The third kappa shape index (κ3) is 3.49. The number of nitrogens with one attached hydrogen (secondary N) is 1. The van der Waals surface area contributed by atoms with Crippen molar-refractivity contribution >= 4 is 5.69 Å². The van der Waals surface area contributed by atoms with Gasteiger partial charge in [0.15, 0.2) is 0 Å². The van der Waals surface area contributed by atoms with E-state index in [-0.39, 0.29) is 0 Å². The first-order valence-corrected chi connectivity index (χ1v) is 7.05. The standard InChI is InChI=1S/C16H26N2/c1-12(13-4-6-15(17)7-5-13)8-9-18-11-14-10-16(14,2)3/h4-7,12,14,18H,8-11,17H2,1-3H3. The highest BCUT2D eigenvalue weighted by Crippen LogP contribution is 2.50. The van der Waals surface area contributed by atoms with Gasteiger partial charge < -0.3 is 11.1 Å². The normalized spacial score (nSPS) is 22.7. The fraction of sp³-hybridized carbons (Fsp3) is 0.625. The van der Waals surface area contributed by atoms with Crippen LogP contribution in [0.25, 0.3) is 0 Å². The van der Waals surface area contributed by atoms with Gasteiger partial charge in [0.25, 0.3) is 0 Å². The molecule has 0 amide bonds. The molecule has 0 bridgehead atoms. The minimum absolute atomic E-state index is 0.593. The van der Waals surface area contributed by atoms with Crippen molar-refractivity contribution in [3.05, 3.63) is 29.8 Å². The zero-order chi connectivity index (χ0) is 13.2. The molecule has 100 valence electrons. The lowest BCUT2D eigenvalue weighted by atomic mass is 9.97. The summed E-state index contributed by atoms with van der Waals surface area (Å²) in [5.74, 6) is 1.50. The van der Waals surface area contributed by atoms with Crippen LogP contribution in [0.3, 0.4) is 0 Å². The van der Waals surface area contributed by atoms with Crippen LogP contribution in [0.4, 0.5) is 5.69 Å². The Morgan fingerprint density at radius 2 is 1.94 bits per heavy atom. The van der Waals surface area contributed by atoms with Crippen LogP contribution in [0.5, 0.6) is 0 Å². The Labute approximate surface area is 111 Å². The average molecular weight is 246 g/mol. The fourth-order valence-electron chi connectivity index (χ4n) is 2.51. The number of nitrogen functional groups attached to an aromatic ring is 1. The topological polar surface area (TPSA) is 38.0 Å². The molecular formula is C16H26N2. The maximum atomic E-state index is 5.70. The summed E-state index contributed by atoms with van der Waals surface area (Å²) in [6, 6.07) is 8.27. The van der Waals surface area contributed by atoms with Gasteiger partial charge in [0.2, 0.25) is 0 Å². The number of anilines is 1. The lowest BCUT2D eigenvalue weighted by Crippen LogP contribution is -2.21. The van der Waals surface area contributed by atoms with Gasteiger partial charge in [0.1, 0.15) is 0 Å². The Morgan fingerprint density at radius 3 is 2.50 bits per heavy atom. The smallest absolute Gasteiger partial charge is 0.0314 e. The zero-order valence-corrected chi connectivity index (χ0v) is 11.9. The van der Waals surface area contributed by atoms with Crippen LogP contribution in [0.1, 0.15) is 45.1 Å². The van der Waals surface area contributed by atoms with Crippen molar-refractivity contribution in [2.75, 3.05) is 18.8 Å². The maximum Gasteiger partial charge on any atom is 0.0314 e. The first kappa shape index (κ1) is 13.4. The van der Waals surface area contributed by atoms with Crippen LogP contribution in [0.15, 0.2) is 24.3 Å². The molecule has 3 N–H and O–H groups in total. The summed E-state index contributed by atoms with van der Waals surface area (Å²) in [7, 11) is 0. The third-order valence-corrected chi connectivity index (χ3v) is 4.37. The summed E-state index contributed by atoms with van der Waals surface area (Å²) in [5, 5.41) is 3.59. The van der Waals surface area contributed by atoms with Crippen molar-refractivity contribution in [1.29, 1.82) is 0 Å². The highest BCUT2D eigenvalue weighted by atomic mass is 14.9. The van der Waals surface area contributed by atoms with Crippen LogP contribution in [0.2, 0.25) is 0 Å². The summed E-state index contributed by atoms with van der Waals surface area (Å²) >= 11 is 0. The van der Waals surface area contributed by atoms with E-state index in [9.17, 15) is 0 Å². The molecule has 0 aliphatic heterocycles. The molecule has 1 aromatic carbocycles. The predicted molar refractivity (Wildman–Crippen MR) is 78.6 cm³/mol. The van der Waals surface area contributed by atoms with Crippen molar-refractivity contribution in [3.63, 3.8) is 0 Å². The number of benzene rings is 1. The molecule has 0 heterocycles. The second kappa shape index (κ2) is 5.31. The molecule has 1 aliphatic carbocycles. The van der Waals surface area contributed by atoms with Gasteiger partial charge in [-0.25, -0.2) is 0 Å². The summed E-state index contributed by atoms with van der Waals surface area (Å²) in [4.78, 5) is 0. The van der Waals surface area contributed by atoms with Gasteiger partial charge in [-0.05, 0) is 60.9 Å². The van der Waals surface area contributed by atoms with Crippen LogP contribution in [-0.4, -0.2) is 13.1 Å². The van der Waals surface area contributed by atoms with Crippen LogP contribution < -0.4 is 11.1 Å². The number of hydrogen-bond acceptors (Lipinski definition) is 2. The predicted octanol–water partition coefficient (Wildman–Crippen LogP) is 3.40. The van der Waals surface area contributed by atoms with Crippen molar-refractivity contribution in [3.8, 4) is 0 Å². The minimum Gasteiger partial charge on any atom is -0.399 e. The lowest BCUT2D eigenvalue weighted by Gasteiger charge is -2.13. The molecule has 0 aromatic heterocycles. The van der Waals surface area contributed by atoms with Crippen LogP contribution in [-0.2, 0) is 0 Å². The van der Waals surface area contributed by atoms with Crippen LogP contribution >= 0.6 is 0 Å². The van der Waals surface area contributed by atoms with E-state index >= 15 is 0 Å². The average Bonchev–Trinajstić information content (AvgIpc) is 2.93. The van der Waals surface area contributed by atoms with E-state index in [1.54, 1.807) is 0 Å². The Hall–Kier alpha value is -1.02. The maximum absolute atomic E-state index is 5.70. The Bertz CT molecular complexity index is 381. The lowest BCUT2D eigenvalue weighted by molar-refractivity contribution is 0.506. The van der Waals surface area contributed by atoms with Gasteiger partial charge in [0.05, 0.1) is 0 Å². The molecule has 0 saturated heterocycles. The van der Waals surface area contributed by atoms with Gasteiger partial charge in [-0.3, -0.25) is 0 Å². The second-order valence-electron chi connectivity index (χ2n) is 6.45.